The van der Waals surface area contributed by atoms with E-state index in [1.165, 1.54) is 6.33 Å². The van der Waals surface area contributed by atoms with Crippen molar-refractivity contribution in [3.8, 4) is 5.82 Å². The number of aromatic nitrogens is 5. The molecule has 0 saturated carbocycles. The molecule has 0 aliphatic carbocycles. The summed E-state index contributed by atoms with van der Waals surface area (Å²) < 4.78 is 7.15. The van der Waals surface area contributed by atoms with Gasteiger partial charge in [0, 0.05) is 16.1 Å². The Morgan fingerprint density at radius 1 is 1.41 bits per heavy atom. The zero-order valence-corrected chi connectivity index (χ0v) is 14.0. The summed E-state index contributed by atoms with van der Waals surface area (Å²) in [6, 6.07) is 3.88. The van der Waals surface area contributed by atoms with Gasteiger partial charge < -0.3 is 9.72 Å². The number of hydrogen-bond acceptors (Lipinski definition) is 5. The first kappa shape index (κ1) is 16.2. The third-order valence-electron chi connectivity index (χ3n) is 2.52. The van der Waals surface area contributed by atoms with Gasteiger partial charge in [0.25, 0.3) is 6.47 Å². The van der Waals surface area contributed by atoms with Crippen LogP contribution in [0.25, 0.3) is 16.9 Å². The molecule has 0 aliphatic heterocycles. The lowest BCUT2D eigenvalue weighted by Gasteiger charge is -2.14. The van der Waals surface area contributed by atoms with E-state index in [2.05, 4.69) is 40.7 Å². The van der Waals surface area contributed by atoms with Gasteiger partial charge in [0.1, 0.15) is 23.9 Å². The average molecular weight is 366 g/mol. The quantitative estimate of drug-likeness (QED) is 0.705. The summed E-state index contributed by atoms with van der Waals surface area (Å²) >= 11 is 3.49. The molecule has 3 aromatic rings. The van der Waals surface area contributed by atoms with Gasteiger partial charge in [-0.3, -0.25) is 4.79 Å². The van der Waals surface area contributed by atoms with Gasteiger partial charge in [0.05, 0.1) is 0 Å². The highest BCUT2D eigenvalue weighted by molar-refractivity contribution is 9.10. The molecule has 0 fully saturated rings. The Hall–Kier alpha value is -2.22. The van der Waals surface area contributed by atoms with E-state index in [4.69, 9.17) is 0 Å². The minimum absolute atomic E-state index is 0.318. The van der Waals surface area contributed by atoms with Crippen molar-refractivity contribution in [2.24, 2.45) is 0 Å². The molecule has 0 unspecified atom stereocenters. The first-order chi connectivity index (χ1) is 10.4. The van der Waals surface area contributed by atoms with E-state index >= 15 is 0 Å². The van der Waals surface area contributed by atoms with E-state index in [9.17, 15) is 4.79 Å². The maximum Gasteiger partial charge on any atom is 0.293 e. The standard InChI is InChI=1S/C9H6BrN5.C5H10O2/c10-7-3-8(15-5-11-4-13-15)14-9-6(7)1-2-12-9;1-5(2,3)7-4-6/h1-5H,(H,12,14);4H,1-3H3. The van der Waals surface area contributed by atoms with E-state index in [1.54, 1.807) is 11.0 Å². The van der Waals surface area contributed by atoms with Crippen LogP contribution < -0.4 is 0 Å². The molecule has 0 aliphatic rings. The normalized spacial score (nSPS) is 10.9. The fourth-order valence-corrected chi connectivity index (χ4v) is 2.10. The number of pyridine rings is 1. The van der Waals surface area contributed by atoms with Crippen LogP contribution in [-0.2, 0) is 9.53 Å². The van der Waals surface area contributed by atoms with Crippen LogP contribution >= 0.6 is 15.9 Å². The second-order valence-electron chi connectivity index (χ2n) is 5.37. The Balaban J connectivity index is 0.000000217. The number of nitrogens with one attached hydrogen (secondary N) is 1. The van der Waals surface area contributed by atoms with Crippen LogP contribution in [0.1, 0.15) is 20.8 Å². The highest BCUT2D eigenvalue weighted by Crippen LogP contribution is 2.23. The molecule has 22 heavy (non-hydrogen) atoms. The predicted molar refractivity (Wildman–Crippen MR) is 85.6 cm³/mol. The Morgan fingerprint density at radius 2 is 2.18 bits per heavy atom. The molecule has 116 valence electrons. The lowest BCUT2D eigenvalue weighted by molar-refractivity contribution is -0.138. The topological polar surface area (TPSA) is 85.7 Å². The first-order valence-corrected chi connectivity index (χ1v) is 7.30. The summed E-state index contributed by atoms with van der Waals surface area (Å²) in [5, 5.41) is 5.08. The Labute approximate surface area is 135 Å². The molecule has 0 bridgehead atoms. The monoisotopic (exact) mass is 365 g/mol. The van der Waals surface area contributed by atoms with Crippen molar-refractivity contribution < 1.29 is 9.53 Å². The number of carbonyl (C=O) groups is 1. The van der Waals surface area contributed by atoms with E-state index in [0.717, 1.165) is 21.3 Å². The van der Waals surface area contributed by atoms with E-state index in [1.807, 2.05) is 39.1 Å². The number of rotatable bonds is 2. The molecule has 0 spiro atoms. The van der Waals surface area contributed by atoms with Gasteiger partial charge >= 0.3 is 0 Å². The van der Waals surface area contributed by atoms with E-state index in [0.29, 0.717) is 6.47 Å². The predicted octanol–water partition coefficient (Wildman–Crippen LogP) is 2.86. The number of fused-ring (bicyclic) bond motifs is 1. The van der Waals surface area contributed by atoms with Crippen LogP contribution in [0.2, 0.25) is 0 Å². The minimum Gasteiger partial charge on any atom is -0.462 e. The Kier molecular flexibility index (Phi) is 4.92. The summed E-state index contributed by atoms with van der Waals surface area (Å²) in [5.74, 6) is 0.731. The zero-order chi connectivity index (χ0) is 16.2. The number of aromatic amines is 1. The van der Waals surface area contributed by atoms with E-state index < -0.39 is 0 Å². The van der Waals surface area contributed by atoms with Crippen molar-refractivity contribution in [2.75, 3.05) is 0 Å². The number of H-pyrrole nitrogens is 1. The number of hydrogen-bond donors (Lipinski definition) is 1. The van der Waals surface area contributed by atoms with Gasteiger partial charge in [-0.2, -0.15) is 5.10 Å². The lowest BCUT2D eigenvalue weighted by Crippen LogP contribution is -2.17. The van der Waals surface area contributed by atoms with Crippen LogP contribution in [0.4, 0.5) is 0 Å². The van der Waals surface area contributed by atoms with Crippen LogP contribution in [0.5, 0.6) is 0 Å². The third kappa shape index (κ3) is 4.14. The van der Waals surface area contributed by atoms with Crippen molar-refractivity contribution in [1.29, 1.82) is 0 Å². The van der Waals surface area contributed by atoms with Gasteiger partial charge in [0.15, 0.2) is 5.82 Å². The molecule has 8 heteroatoms. The summed E-state index contributed by atoms with van der Waals surface area (Å²) in [5.41, 5.74) is 0.511. The molecule has 1 N–H and O–H groups in total. The lowest BCUT2D eigenvalue weighted by atomic mass is 10.2. The molecule has 0 saturated heterocycles. The summed E-state index contributed by atoms with van der Waals surface area (Å²) in [6.45, 7) is 5.92. The second kappa shape index (κ2) is 6.69. The molecular weight excluding hydrogens is 350 g/mol. The molecular formula is C14H16BrN5O2. The van der Waals surface area contributed by atoms with Gasteiger partial charge in [0.2, 0.25) is 0 Å². The molecule has 3 heterocycles. The van der Waals surface area contributed by atoms with Crippen molar-refractivity contribution in [1.82, 2.24) is 24.7 Å². The minimum atomic E-state index is -0.318. The van der Waals surface area contributed by atoms with Gasteiger partial charge in [-0.15, -0.1) is 0 Å². The molecule has 7 nitrogen and oxygen atoms in total. The molecule has 3 aromatic heterocycles. The Morgan fingerprint density at radius 3 is 2.73 bits per heavy atom. The van der Waals surface area contributed by atoms with Crippen LogP contribution in [0.15, 0.2) is 35.5 Å². The number of halogens is 1. The molecule has 0 radical (unpaired) electrons. The third-order valence-corrected chi connectivity index (χ3v) is 3.18. The number of carbonyl (C=O) groups excluding carboxylic acids is 1. The van der Waals surface area contributed by atoms with Crippen LogP contribution in [0.3, 0.4) is 0 Å². The van der Waals surface area contributed by atoms with Crippen LogP contribution in [0, 0.1) is 0 Å². The van der Waals surface area contributed by atoms with Crippen molar-refractivity contribution in [3.63, 3.8) is 0 Å². The maximum absolute atomic E-state index is 9.60. The summed E-state index contributed by atoms with van der Waals surface area (Å²) in [7, 11) is 0. The maximum atomic E-state index is 9.60. The van der Waals surface area contributed by atoms with Gasteiger partial charge in [-0.05, 0) is 48.8 Å². The van der Waals surface area contributed by atoms with Crippen molar-refractivity contribution in [2.45, 2.75) is 26.4 Å². The average Bonchev–Trinajstić information content (AvgIpc) is 3.09. The zero-order valence-electron chi connectivity index (χ0n) is 12.4. The van der Waals surface area contributed by atoms with Crippen LogP contribution in [-0.4, -0.2) is 36.8 Å². The summed E-state index contributed by atoms with van der Waals surface area (Å²) in [4.78, 5) is 21.0. The molecule has 0 atom stereocenters. The van der Waals surface area contributed by atoms with Crippen molar-refractivity contribution >= 4 is 33.4 Å². The van der Waals surface area contributed by atoms with Gasteiger partial charge in [-0.25, -0.2) is 14.6 Å². The fourth-order valence-electron chi connectivity index (χ4n) is 1.57. The first-order valence-electron chi connectivity index (χ1n) is 6.51. The van der Waals surface area contributed by atoms with Crippen molar-refractivity contribution in [3.05, 3.63) is 35.5 Å². The fraction of sp³-hybridized carbons (Fsp3) is 0.286. The second-order valence-corrected chi connectivity index (χ2v) is 6.22. The SMILES string of the molecule is Brc1cc(-n2cncn2)nc2[nH]ccc12.CC(C)(C)OC=O. The molecule has 0 aromatic carbocycles. The largest absolute Gasteiger partial charge is 0.462 e. The Bertz CT molecular complexity index is 746. The highest BCUT2D eigenvalue weighted by atomic mass is 79.9. The number of nitrogens with zero attached hydrogens (tertiary/aromatic N) is 4. The number of ether oxygens (including phenoxy) is 1. The highest BCUT2D eigenvalue weighted by Gasteiger charge is 2.07. The smallest absolute Gasteiger partial charge is 0.293 e. The van der Waals surface area contributed by atoms with E-state index in [-0.39, 0.29) is 5.60 Å². The molecule has 0 amide bonds. The molecule has 3 rings (SSSR count). The summed E-state index contributed by atoms with van der Waals surface area (Å²) in [6.07, 6.45) is 4.95. The van der Waals surface area contributed by atoms with Gasteiger partial charge in [-0.1, -0.05) is 0 Å².